The number of carbonyl (C=O) groups excluding carboxylic acids is 1. The second-order valence-corrected chi connectivity index (χ2v) is 6.99. The SMILES string of the molecule is CCCCN(Cc1cc2ccc(C)cc2[nH]c1=O)C(=O)c1ccccc1OC. The lowest BCUT2D eigenvalue weighted by Crippen LogP contribution is -2.34. The van der Waals surface area contributed by atoms with E-state index in [0.29, 0.717) is 23.4 Å². The molecule has 1 amide bonds. The van der Waals surface area contributed by atoms with Gasteiger partial charge in [0.25, 0.3) is 11.5 Å². The largest absolute Gasteiger partial charge is 0.496 e. The van der Waals surface area contributed by atoms with Gasteiger partial charge in [-0.15, -0.1) is 0 Å². The summed E-state index contributed by atoms with van der Waals surface area (Å²) in [7, 11) is 1.55. The number of unbranched alkanes of at least 4 members (excludes halogenated alkanes) is 1. The summed E-state index contributed by atoms with van der Waals surface area (Å²) in [5.74, 6) is 0.409. The number of nitrogens with one attached hydrogen (secondary N) is 1. The molecule has 1 N–H and O–H groups in total. The Labute approximate surface area is 165 Å². The maximum atomic E-state index is 13.2. The molecule has 0 aliphatic heterocycles. The van der Waals surface area contributed by atoms with Gasteiger partial charge in [0.1, 0.15) is 5.75 Å². The minimum Gasteiger partial charge on any atom is -0.496 e. The van der Waals surface area contributed by atoms with E-state index in [1.54, 1.807) is 24.1 Å². The minimum absolute atomic E-state index is 0.130. The molecule has 1 aromatic heterocycles. The van der Waals surface area contributed by atoms with Gasteiger partial charge in [0, 0.05) is 17.6 Å². The smallest absolute Gasteiger partial charge is 0.257 e. The Morgan fingerprint density at radius 2 is 1.93 bits per heavy atom. The fourth-order valence-corrected chi connectivity index (χ4v) is 3.28. The molecule has 0 saturated heterocycles. The van der Waals surface area contributed by atoms with Gasteiger partial charge in [0.15, 0.2) is 0 Å². The molecule has 0 fully saturated rings. The summed E-state index contributed by atoms with van der Waals surface area (Å²) >= 11 is 0. The van der Waals surface area contributed by atoms with E-state index in [4.69, 9.17) is 4.74 Å². The minimum atomic E-state index is -0.160. The number of ether oxygens (including phenoxy) is 1. The first-order valence-corrected chi connectivity index (χ1v) is 9.58. The molecule has 1 heterocycles. The summed E-state index contributed by atoms with van der Waals surface area (Å²) < 4.78 is 5.35. The van der Waals surface area contributed by atoms with E-state index in [0.717, 1.165) is 29.3 Å². The average molecular weight is 378 g/mol. The van der Waals surface area contributed by atoms with Crippen molar-refractivity contribution >= 4 is 16.8 Å². The Morgan fingerprint density at radius 1 is 1.14 bits per heavy atom. The van der Waals surface area contributed by atoms with E-state index in [-0.39, 0.29) is 18.0 Å². The van der Waals surface area contributed by atoms with Gasteiger partial charge in [-0.05, 0) is 48.6 Å². The van der Waals surface area contributed by atoms with Crippen LogP contribution < -0.4 is 10.3 Å². The third-order valence-electron chi connectivity index (χ3n) is 4.85. The number of pyridine rings is 1. The number of H-pyrrole nitrogens is 1. The molecule has 0 aliphatic carbocycles. The predicted octanol–water partition coefficient (Wildman–Crippen LogP) is 4.29. The number of aromatic amines is 1. The lowest BCUT2D eigenvalue weighted by Gasteiger charge is -2.23. The fourth-order valence-electron chi connectivity index (χ4n) is 3.28. The van der Waals surface area contributed by atoms with Crippen LogP contribution in [0, 0.1) is 6.92 Å². The van der Waals surface area contributed by atoms with E-state index in [1.165, 1.54) is 0 Å². The Bertz CT molecular complexity index is 1040. The van der Waals surface area contributed by atoms with Crippen molar-refractivity contribution in [3.8, 4) is 5.75 Å². The van der Waals surface area contributed by atoms with Gasteiger partial charge >= 0.3 is 0 Å². The first-order valence-electron chi connectivity index (χ1n) is 9.58. The van der Waals surface area contributed by atoms with E-state index in [1.807, 2.05) is 43.3 Å². The molecule has 5 nitrogen and oxygen atoms in total. The first kappa shape index (κ1) is 19.7. The van der Waals surface area contributed by atoms with Crippen LogP contribution in [0.1, 0.15) is 41.3 Å². The van der Waals surface area contributed by atoms with Crippen LogP contribution in [-0.2, 0) is 6.54 Å². The van der Waals surface area contributed by atoms with Crippen LogP contribution in [0.25, 0.3) is 10.9 Å². The lowest BCUT2D eigenvalue weighted by atomic mass is 10.1. The molecule has 0 spiro atoms. The van der Waals surface area contributed by atoms with Gasteiger partial charge in [-0.1, -0.05) is 37.6 Å². The fraction of sp³-hybridized carbons (Fsp3) is 0.304. The number of methoxy groups -OCH3 is 1. The molecule has 3 rings (SSSR count). The number of para-hydroxylation sites is 1. The number of benzene rings is 2. The number of hydrogen-bond acceptors (Lipinski definition) is 3. The molecule has 0 unspecified atom stereocenters. The Balaban J connectivity index is 1.95. The third kappa shape index (κ3) is 4.25. The monoisotopic (exact) mass is 378 g/mol. The third-order valence-corrected chi connectivity index (χ3v) is 4.85. The number of amides is 1. The van der Waals surface area contributed by atoms with Gasteiger partial charge in [0.2, 0.25) is 0 Å². The molecular formula is C23H26N2O3. The number of rotatable bonds is 7. The Morgan fingerprint density at radius 3 is 2.68 bits per heavy atom. The van der Waals surface area contributed by atoms with E-state index in [9.17, 15) is 9.59 Å². The highest BCUT2D eigenvalue weighted by Gasteiger charge is 2.20. The Kier molecular flexibility index (Phi) is 6.14. The average Bonchev–Trinajstić information content (AvgIpc) is 2.70. The molecule has 2 aromatic carbocycles. The van der Waals surface area contributed by atoms with Crippen LogP contribution in [0.15, 0.2) is 53.3 Å². The van der Waals surface area contributed by atoms with Crippen LogP contribution in [0.5, 0.6) is 5.75 Å². The van der Waals surface area contributed by atoms with Crippen LogP contribution >= 0.6 is 0 Å². The quantitative estimate of drug-likeness (QED) is 0.667. The van der Waals surface area contributed by atoms with Crippen molar-refractivity contribution in [3.63, 3.8) is 0 Å². The van der Waals surface area contributed by atoms with Crippen LogP contribution in [0.3, 0.4) is 0 Å². The first-order chi connectivity index (χ1) is 13.5. The number of hydrogen-bond donors (Lipinski definition) is 1. The van der Waals surface area contributed by atoms with Crippen LogP contribution in [0.4, 0.5) is 0 Å². The van der Waals surface area contributed by atoms with E-state index < -0.39 is 0 Å². The highest BCUT2D eigenvalue weighted by atomic mass is 16.5. The van der Waals surface area contributed by atoms with Crippen molar-refractivity contribution in [3.05, 3.63) is 75.6 Å². The van der Waals surface area contributed by atoms with Crippen molar-refractivity contribution < 1.29 is 9.53 Å². The number of fused-ring (bicyclic) bond motifs is 1. The van der Waals surface area contributed by atoms with Crippen molar-refractivity contribution in [2.75, 3.05) is 13.7 Å². The maximum absolute atomic E-state index is 13.2. The summed E-state index contributed by atoms with van der Waals surface area (Å²) in [6.45, 7) is 4.91. The van der Waals surface area contributed by atoms with Crippen molar-refractivity contribution in [1.29, 1.82) is 0 Å². The van der Waals surface area contributed by atoms with Gasteiger partial charge in [0.05, 0.1) is 19.2 Å². The zero-order valence-corrected chi connectivity index (χ0v) is 16.6. The van der Waals surface area contributed by atoms with Crippen LogP contribution in [-0.4, -0.2) is 29.4 Å². The van der Waals surface area contributed by atoms with Gasteiger partial charge in [-0.25, -0.2) is 0 Å². The van der Waals surface area contributed by atoms with Gasteiger partial charge in [-0.2, -0.15) is 0 Å². The normalized spacial score (nSPS) is 10.8. The summed E-state index contributed by atoms with van der Waals surface area (Å²) in [5.41, 5.74) is 2.83. The van der Waals surface area contributed by atoms with Gasteiger partial charge in [-0.3, -0.25) is 9.59 Å². The van der Waals surface area contributed by atoms with Gasteiger partial charge < -0.3 is 14.6 Å². The van der Waals surface area contributed by atoms with Crippen molar-refractivity contribution in [1.82, 2.24) is 9.88 Å². The summed E-state index contributed by atoms with van der Waals surface area (Å²) in [6, 6.07) is 15.0. The molecule has 0 bridgehead atoms. The molecule has 0 saturated carbocycles. The van der Waals surface area contributed by atoms with Crippen molar-refractivity contribution in [2.45, 2.75) is 33.2 Å². The second kappa shape index (κ2) is 8.74. The number of carbonyl (C=O) groups is 1. The maximum Gasteiger partial charge on any atom is 0.257 e. The molecule has 0 aliphatic rings. The number of nitrogens with zero attached hydrogens (tertiary/aromatic N) is 1. The van der Waals surface area contributed by atoms with Crippen molar-refractivity contribution in [2.24, 2.45) is 0 Å². The molecule has 28 heavy (non-hydrogen) atoms. The summed E-state index contributed by atoms with van der Waals surface area (Å²) in [5, 5.41) is 0.959. The summed E-state index contributed by atoms with van der Waals surface area (Å²) in [4.78, 5) is 30.5. The highest BCUT2D eigenvalue weighted by molar-refractivity contribution is 5.97. The zero-order chi connectivity index (χ0) is 20.1. The molecule has 0 atom stereocenters. The van der Waals surface area contributed by atoms with E-state index in [2.05, 4.69) is 11.9 Å². The zero-order valence-electron chi connectivity index (χ0n) is 16.6. The summed E-state index contributed by atoms with van der Waals surface area (Å²) in [6.07, 6.45) is 1.83. The standard InChI is InChI=1S/C23H26N2O3/c1-4-5-12-25(23(27)19-8-6-7-9-21(19)28-3)15-18-14-17-11-10-16(2)13-20(17)24-22(18)26/h6-11,13-14H,4-5,12,15H2,1-3H3,(H,24,26). The number of aryl methyl sites for hydroxylation is 1. The number of aromatic nitrogens is 1. The molecule has 3 aromatic rings. The lowest BCUT2D eigenvalue weighted by molar-refractivity contribution is 0.0737. The highest BCUT2D eigenvalue weighted by Crippen LogP contribution is 2.21. The molecule has 5 heteroatoms. The second-order valence-electron chi connectivity index (χ2n) is 6.99. The molecular weight excluding hydrogens is 352 g/mol. The van der Waals surface area contributed by atoms with Crippen LogP contribution in [0.2, 0.25) is 0 Å². The molecule has 0 radical (unpaired) electrons. The Hall–Kier alpha value is -3.08. The topological polar surface area (TPSA) is 62.4 Å². The molecule has 146 valence electrons. The predicted molar refractivity (Wildman–Crippen MR) is 112 cm³/mol. The van der Waals surface area contributed by atoms with E-state index >= 15 is 0 Å².